The van der Waals surface area contributed by atoms with Gasteiger partial charge in [0.1, 0.15) is 5.82 Å². The van der Waals surface area contributed by atoms with Gasteiger partial charge in [-0.15, -0.1) is 0 Å². The van der Waals surface area contributed by atoms with Crippen molar-refractivity contribution in [3.05, 3.63) is 34.6 Å². The minimum atomic E-state index is -0.320. The summed E-state index contributed by atoms with van der Waals surface area (Å²) in [7, 11) is 0. The van der Waals surface area contributed by atoms with Crippen molar-refractivity contribution in [3.63, 3.8) is 0 Å². The standard InChI is InChI=1S/C13H19ClFNO/c1-9(5-6-17)8-16-10(2)12-4-3-11(15)7-13(12)14/h3-4,7,9-10,16-17H,5-6,8H2,1-2H3. The van der Waals surface area contributed by atoms with E-state index < -0.39 is 0 Å². The van der Waals surface area contributed by atoms with Crippen LogP contribution in [-0.4, -0.2) is 18.3 Å². The molecule has 0 saturated carbocycles. The van der Waals surface area contributed by atoms with Crippen LogP contribution in [0.4, 0.5) is 4.39 Å². The summed E-state index contributed by atoms with van der Waals surface area (Å²) in [4.78, 5) is 0. The zero-order chi connectivity index (χ0) is 12.8. The first-order valence-electron chi connectivity index (χ1n) is 5.83. The van der Waals surface area contributed by atoms with Crippen LogP contribution in [-0.2, 0) is 0 Å². The average Bonchev–Trinajstić information content (AvgIpc) is 2.26. The predicted molar refractivity (Wildman–Crippen MR) is 68.7 cm³/mol. The first-order valence-corrected chi connectivity index (χ1v) is 6.21. The van der Waals surface area contributed by atoms with E-state index in [1.54, 1.807) is 6.07 Å². The fraction of sp³-hybridized carbons (Fsp3) is 0.538. The van der Waals surface area contributed by atoms with E-state index in [1.807, 2.05) is 6.92 Å². The number of nitrogens with one attached hydrogen (secondary N) is 1. The Bertz CT molecular complexity index is 359. The highest BCUT2D eigenvalue weighted by molar-refractivity contribution is 6.31. The molecular formula is C13H19ClFNO. The molecule has 1 aromatic rings. The molecule has 0 aromatic heterocycles. The quantitative estimate of drug-likeness (QED) is 0.823. The Morgan fingerprint density at radius 2 is 2.12 bits per heavy atom. The molecule has 1 rings (SSSR count). The van der Waals surface area contributed by atoms with Crippen LogP contribution in [0.1, 0.15) is 31.9 Å². The molecule has 2 unspecified atom stereocenters. The summed E-state index contributed by atoms with van der Waals surface area (Å²) in [5.41, 5.74) is 0.893. The molecule has 0 bridgehead atoms. The van der Waals surface area contributed by atoms with Crippen molar-refractivity contribution < 1.29 is 9.50 Å². The highest BCUT2D eigenvalue weighted by Crippen LogP contribution is 2.23. The van der Waals surface area contributed by atoms with Crippen LogP contribution in [0.3, 0.4) is 0 Å². The molecular weight excluding hydrogens is 241 g/mol. The third kappa shape index (κ3) is 4.62. The summed E-state index contributed by atoms with van der Waals surface area (Å²) >= 11 is 5.98. The molecule has 0 heterocycles. The molecule has 2 atom stereocenters. The summed E-state index contributed by atoms with van der Waals surface area (Å²) in [5, 5.41) is 12.6. The van der Waals surface area contributed by atoms with Gasteiger partial charge in [0.2, 0.25) is 0 Å². The van der Waals surface area contributed by atoms with E-state index in [1.165, 1.54) is 12.1 Å². The Balaban J connectivity index is 2.54. The van der Waals surface area contributed by atoms with E-state index in [2.05, 4.69) is 12.2 Å². The predicted octanol–water partition coefficient (Wildman–Crippen LogP) is 3.15. The van der Waals surface area contributed by atoms with E-state index in [0.29, 0.717) is 10.9 Å². The second-order valence-electron chi connectivity index (χ2n) is 4.41. The smallest absolute Gasteiger partial charge is 0.124 e. The maximum atomic E-state index is 12.9. The van der Waals surface area contributed by atoms with Gasteiger partial charge in [0, 0.05) is 17.7 Å². The van der Waals surface area contributed by atoms with Gasteiger partial charge >= 0.3 is 0 Å². The first kappa shape index (κ1) is 14.4. The normalized spacial score (nSPS) is 14.6. The fourth-order valence-corrected chi connectivity index (χ4v) is 1.99. The Labute approximate surface area is 107 Å². The summed E-state index contributed by atoms with van der Waals surface area (Å²) in [6, 6.07) is 4.51. The van der Waals surface area contributed by atoms with Crippen molar-refractivity contribution in [2.75, 3.05) is 13.2 Å². The zero-order valence-electron chi connectivity index (χ0n) is 10.2. The van der Waals surface area contributed by atoms with E-state index in [4.69, 9.17) is 16.7 Å². The van der Waals surface area contributed by atoms with Crippen LogP contribution in [0.25, 0.3) is 0 Å². The molecule has 2 N–H and O–H groups in total. The van der Waals surface area contributed by atoms with Crippen LogP contribution in [0.5, 0.6) is 0 Å². The van der Waals surface area contributed by atoms with Gasteiger partial charge < -0.3 is 10.4 Å². The van der Waals surface area contributed by atoms with Gasteiger partial charge in [-0.05, 0) is 43.5 Å². The number of aliphatic hydroxyl groups excluding tert-OH is 1. The third-order valence-corrected chi connectivity index (χ3v) is 3.15. The molecule has 0 aliphatic carbocycles. The van der Waals surface area contributed by atoms with E-state index in [-0.39, 0.29) is 18.5 Å². The molecule has 1 aromatic carbocycles. The highest BCUT2D eigenvalue weighted by atomic mass is 35.5. The van der Waals surface area contributed by atoms with Crippen LogP contribution in [0, 0.1) is 11.7 Å². The molecule has 17 heavy (non-hydrogen) atoms. The van der Waals surface area contributed by atoms with Crippen molar-refractivity contribution in [1.82, 2.24) is 5.32 Å². The molecule has 0 spiro atoms. The van der Waals surface area contributed by atoms with Gasteiger partial charge in [0.05, 0.1) is 0 Å². The van der Waals surface area contributed by atoms with E-state index in [0.717, 1.165) is 18.5 Å². The maximum absolute atomic E-state index is 12.9. The summed E-state index contributed by atoms with van der Waals surface area (Å²) in [6.45, 7) is 5.07. The van der Waals surface area contributed by atoms with Gasteiger partial charge in [-0.1, -0.05) is 24.6 Å². The van der Waals surface area contributed by atoms with Gasteiger partial charge in [-0.3, -0.25) is 0 Å². The second-order valence-corrected chi connectivity index (χ2v) is 4.82. The average molecular weight is 260 g/mol. The molecule has 0 amide bonds. The van der Waals surface area contributed by atoms with Crippen molar-refractivity contribution in [3.8, 4) is 0 Å². The van der Waals surface area contributed by atoms with Gasteiger partial charge in [0.15, 0.2) is 0 Å². The van der Waals surface area contributed by atoms with Crippen LogP contribution in [0.15, 0.2) is 18.2 Å². The number of hydrogen-bond acceptors (Lipinski definition) is 2. The largest absolute Gasteiger partial charge is 0.396 e. The van der Waals surface area contributed by atoms with Crippen molar-refractivity contribution >= 4 is 11.6 Å². The minimum Gasteiger partial charge on any atom is -0.396 e. The van der Waals surface area contributed by atoms with Crippen molar-refractivity contribution in [1.29, 1.82) is 0 Å². The fourth-order valence-electron chi connectivity index (χ4n) is 1.66. The lowest BCUT2D eigenvalue weighted by atomic mass is 10.1. The molecule has 4 heteroatoms. The number of hydrogen-bond donors (Lipinski definition) is 2. The summed E-state index contributed by atoms with van der Waals surface area (Å²) < 4.78 is 12.9. The molecule has 0 aliphatic heterocycles. The van der Waals surface area contributed by atoms with Gasteiger partial charge in [0.25, 0.3) is 0 Å². The third-order valence-electron chi connectivity index (χ3n) is 2.82. The Kier molecular flexibility index (Phi) is 5.89. The summed E-state index contributed by atoms with van der Waals surface area (Å²) in [6.07, 6.45) is 0.775. The van der Waals surface area contributed by atoms with Crippen LogP contribution in [0.2, 0.25) is 5.02 Å². The number of rotatable bonds is 6. The zero-order valence-corrected chi connectivity index (χ0v) is 11.0. The van der Waals surface area contributed by atoms with Crippen LogP contribution >= 0.6 is 11.6 Å². The molecule has 0 radical (unpaired) electrons. The maximum Gasteiger partial charge on any atom is 0.124 e. The van der Waals surface area contributed by atoms with Crippen LogP contribution < -0.4 is 5.32 Å². The molecule has 0 fully saturated rings. The first-order chi connectivity index (χ1) is 8.04. The second kappa shape index (κ2) is 6.94. The minimum absolute atomic E-state index is 0.0734. The lowest BCUT2D eigenvalue weighted by Gasteiger charge is -2.18. The topological polar surface area (TPSA) is 32.3 Å². The van der Waals surface area contributed by atoms with Gasteiger partial charge in [-0.25, -0.2) is 4.39 Å². The van der Waals surface area contributed by atoms with Crippen molar-refractivity contribution in [2.24, 2.45) is 5.92 Å². The molecule has 96 valence electrons. The summed E-state index contributed by atoms with van der Waals surface area (Å²) in [5.74, 6) is 0.0845. The van der Waals surface area contributed by atoms with Crippen molar-refractivity contribution in [2.45, 2.75) is 26.3 Å². The highest BCUT2D eigenvalue weighted by Gasteiger charge is 2.11. The number of aliphatic hydroxyl groups is 1. The van der Waals surface area contributed by atoms with E-state index in [9.17, 15) is 4.39 Å². The van der Waals surface area contributed by atoms with E-state index >= 15 is 0 Å². The lowest BCUT2D eigenvalue weighted by Crippen LogP contribution is -2.25. The molecule has 2 nitrogen and oxygen atoms in total. The number of halogens is 2. The Morgan fingerprint density at radius 3 is 2.71 bits per heavy atom. The number of benzene rings is 1. The van der Waals surface area contributed by atoms with Gasteiger partial charge in [-0.2, -0.15) is 0 Å². The SMILES string of the molecule is CC(CCO)CNC(C)c1ccc(F)cc1Cl. The monoisotopic (exact) mass is 259 g/mol. The molecule has 0 aliphatic rings. The lowest BCUT2D eigenvalue weighted by molar-refractivity contribution is 0.258. The Morgan fingerprint density at radius 1 is 1.41 bits per heavy atom. The Hall–Kier alpha value is -0.640. The molecule has 0 saturated heterocycles.